The van der Waals surface area contributed by atoms with Gasteiger partial charge in [-0.1, -0.05) is 194 Å². The van der Waals surface area contributed by atoms with E-state index in [1.807, 2.05) is 66.9 Å². The molecular formula is C64H41N5. The van der Waals surface area contributed by atoms with E-state index in [4.69, 9.17) is 15.0 Å². The number of nitrogens with zero attached hydrogens (tertiary/aromatic N) is 5. The van der Waals surface area contributed by atoms with E-state index in [0.29, 0.717) is 23.0 Å². The van der Waals surface area contributed by atoms with E-state index >= 15 is 0 Å². The lowest BCUT2D eigenvalue weighted by molar-refractivity contribution is 0.768. The summed E-state index contributed by atoms with van der Waals surface area (Å²) in [5.41, 5.74) is 17.7. The second-order valence-electron chi connectivity index (χ2n) is 17.3. The molecule has 0 spiro atoms. The van der Waals surface area contributed by atoms with Crippen LogP contribution < -0.4 is 0 Å². The monoisotopic (exact) mass is 879 g/mol. The molecule has 0 bridgehead atoms. The molecule has 1 aliphatic rings. The van der Waals surface area contributed by atoms with Gasteiger partial charge < -0.3 is 0 Å². The molecule has 0 unspecified atom stereocenters. The Bertz CT molecular complexity index is 3640. The van der Waals surface area contributed by atoms with Crippen LogP contribution in [0.3, 0.4) is 0 Å². The van der Waals surface area contributed by atoms with Crippen molar-refractivity contribution in [1.29, 1.82) is 5.26 Å². The average molecular weight is 880 g/mol. The minimum absolute atomic E-state index is 0.569. The molecule has 69 heavy (non-hydrogen) atoms. The summed E-state index contributed by atoms with van der Waals surface area (Å²) in [5, 5.41) is 10.3. The van der Waals surface area contributed by atoms with Gasteiger partial charge in [0.15, 0.2) is 17.5 Å². The van der Waals surface area contributed by atoms with Crippen molar-refractivity contribution in [3.8, 4) is 96.0 Å². The van der Waals surface area contributed by atoms with Gasteiger partial charge in [-0.25, -0.2) is 15.0 Å². The SMILES string of the molecule is N#Cc1ccc2c(c1)C(c1ccccc1)(c1ccccc1)c1cc(-c3cc(-c4ccc(-c5ccccn5)cc4)cc(-c4nc(-c5ccccc5)nc(-c5ccc(-c6ccccc6)cc5)n4)c3)ccc1-2. The lowest BCUT2D eigenvalue weighted by Crippen LogP contribution is -2.28. The molecule has 0 fully saturated rings. The summed E-state index contributed by atoms with van der Waals surface area (Å²) in [6.45, 7) is 0. The fourth-order valence-corrected chi connectivity index (χ4v) is 9.99. The Morgan fingerprint density at radius 2 is 0.739 bits per heavy atom. The number of nitriles is 1. The van der Waals surface area contributed by atoms with E-state index in [-0.39, 0.29) is 0 Å². The third-order valence-electron chi connectivity index (χ3n) is 13.3. The molecule has 322 valence electrons. The molecule has 0 aliphatic heterocycles. The zero-order chi connectivity index (χ0) is 46.2. The Labute approximate surface area is 401 Å². The zero-order valence-electron chi connectivity index (χ0n) is 37.4. The standard InChI is InChI=1S/C64H41N5/c65-42-43-24-34-56-57-35-33-50(41-59(57)64(58(56)37-43,54-19-9-3-10-20-54)55-21-11-4-12-22-55)52-38-51(46-25-29-47(30-26-46)60-23-13-14-36-66-60)39-53(40-52)63-68-61(48-17-7-2-8-18-48)67-62(69-63)49-31-27-45(28-32-49)44-15-5-1-6-16-44/h1-41H. The summed E-state index contributed by atoms with van der Waals surface area (Å²) in [6, 6.07) is 87.0. The maximum Gasteiger partial charge on any atom is 0.164 e. The first-order valence-corrected chi connectivity index (χ1v) is 23.1. The van der Waals surface area contributed by atoms with Crippen LogP contribution in [0.1, 0.15) is 27.8 Å². The van der Waals surface area contributed by atoms with E-state index in [2.05, 4.69) is 193 Å². The van der Waals surface area contributed by atoms with Crippen LogP contribution in [0, 0.1) is 11.3 Å². The fraction of sp³-hybridized carbons (Fsp3) is 0.0156. The predicted octanol–water partition coefficient (Wildman–Crippen LogP) is 15.2. The number of hydrogen-bond acceptors (Lipinski definition) is 5. The second-order valence-corrected chi connectivity index (χ2v) is 17.3. The van der Waals surface area contributed by atoms with Crippen LogP contribution in [0.2, 0.25) is 0 Å². The topological polar surface area (TPSA) is 75.3 Å². The molecule has 12 rings (SSSR count). The first kappa shape index (κ1) is 41.1. The molecule has 5 nitrogen and oxygen atoms in total. The Hall–Kier alpha value is -9.37. The van der Waals surface area contributed by atoms with Gasteiger partial charge in [0.25, 0.3) is 0 Å². The van der Waals surface area contributed by atoms with Gasteiger partial charge in [-0.15, -0.1) is 0 Å². The highest BCUT2D eigenvalue weighted by Gasteiger charge is 2.46. The van der Waals surface area contributed by atoms with E-state index in [1.54, 1.807) is 0 Å². The van der Waals surface area contributed by atoms with Gasteiger partial charge in [0, 0.05) is 28.5 Å². The number of aromatic nitrogens is 4. The molecular weight excluding hydrogens is 839 g/mol. The zero-order valence-corrected chi connectivity index (χ0v) is 37.4. The van der Waals surface area contributed by atoms with Crippen molar-refractivity contribution in [3.05, 3.63) is 277 Å². The smallest absolute Gasteiger partial charge is 0.164 e. The molecule has 0 saturated heterocycles. The van der Waals surface area contributed by atoms with Gasteiger partial charge in [-0.3, -0.25) is 4.98 Å². The molecule has 0 radical (unpaired) electrons. The van der Waals surface area contributed by atoms with Crippen molar-refractivity contribution >= 4 is 0 Å². The van der Waals surface area contributed by atoms with E-state index in [0.717, 1.165) is 94.7 Å². The molecule has 0 amide bonds. The summed E-state index contributed by atoms with van der Waals surface area (Å²) >= 11 is 0. The molecule has 5 heteroatoms. The third kappa shape index (κ3) is 7.47. The van der Waals surface area contributed by atoms with Crippen LogP contribution in [-0.2, 0) is 5.41 Å². The Balaban J connectivity index is 1.07. The summed E-state index contributed by atoms with van der Waals surface area (Å²) < 4.78 is 0. The molecule has 0 atom stereocenters. The minimum Gasteiger partial charge on any atom is -0.256 e. The van der Waals surface area contributed by atoms with Gasteiger partial charge in [-0.05, 0) is 115 Å². The van der Waals surface area contributed by atoms with Gasteiger partial charge in [0.2, 0.25) is 0 Å². The number of pyridine rings is 1. The van der Waals surface area contributed by atoms with Crippen molar-refractivity contribution in [2.45, 2.75) is 5.41 Å². The summed E-state index contributed by atoms with van der Waals surface area (Å²) in [6.07, 6.45) is 1.82. The molecule has 9 aromatic carbocycles. The van der Waals surface area contributed by atoms with Crippen LogP contribution in [-0.4, -0.2) is 19.9 Å². The summed E-state index contributed by atoms with van der Waals surface area (Å²) in [4.78, 5) is 20.2. The maximum atomic E-state index is 10.3. The Kier molecular flexibility index (Phi) is 10.4. The lowest BCUT2D eigenvalue weighted by atomic mass is 9.67. The highest BCUT2D eigenvalue weighted by atomic mass is 15.0. The quantitative estimate of drug-likeness (QED) is 0.144. The summed E-state index contributed by atoms with van der Waals surface area (Å²) in [7, 11) is 0. The Morgan fingerprint density at radius 1 is 0.319 bits per heavy atom. The van der Waals surface area contributed by atoms with Crippen molar-refractivity contribution in [2.24, 2.45) is 0 Å². The van der Waals surface area contributed by atoms with Gasteiger partial charge in [0.05, 0.1) is 22.7 Å². The number of rotatable bonds is 9. The highest BCUT2D eigenvalue weighted by molar-refractivity contribution is 5.90. The average Bonchev–Trinajstić information content (AvgIpc) is 3.73. The van der Waals surface area contributed by atoms with Crippen molar-refractivity contribution in [2.75, 3.05) is 0 Å². The van der Waals surface area contributed by atoms with Crippen LogP contribution >= 0.6 is 0 Å². The molecule has 0 saturated carbocycles. The van der Waals surface area contributed by atoms with Crippen molar-refractivity contribution in [1.82, 2.24) is 19.9 Å². The number of benzene rings is 9. The van der Waals surface area contributed by atoms with E-state index < -0.39 is 5.41 Å². The van der Waals surface area contributed by atoms with Crippen LogP contribution in [0.4, 0.5) is 0 Å². The normalized spacial score (nSPS) is 12.2. The Morgan fingerprint density at radius 3 is 1.32 bits per heavy atom. The molecule has 1 aliphatic carbocycles. The molecule has 11 aromatic rings. The first-order valence-electron chi connectivity index (χ1n) is 23.1. The number of fused-ring (bicyclic) bond motifs is 3. The first-order chi connectivity index (χ1) is 34.1. The van der Waals surface area contributed by atoms with E-state index in [9.17, 15) is 5.26 Å². The number of hydrogen-bond donors (Lipinski definition) is 0. The molecule has 2 heterocycles. The van der Waals surface area contributed by atoms with Crippen LogP contribution in [0.15, 0.2) is 249 Å². The molecule has 0 N–H and O–H groups in total. The van der Waals surface area contributed by atoms with Crippen molar-refractivity contribution < 1.29 is 0 Å². The maximum absolute atomic E-state index is 10.3. The minimum atomic E-state index is -0.693. The predicted molar refractivity (Wildman–Crippen MR) is 278 cm³/mol. The van der Waals surface area contributed by atoms with Gasteiger partial charge in [-0.2, -0.15) is 5.26 Å². The largest absolute Gasteiger partial charge is 0.256 e. The van der Waals surface area contributed by atoms with Crippen LogP contribution in [0.25, 0.3) is 89.9 Å². The third-order valence-corrected chi connectivity index (χ3v) is 13.3. The lowest BCUT2D eigenvalue weighted by Gasteiger charge is -2.34. The molecule has 2 aromatic heterocycles. The van der Waals surface area contributed by atoms with Crippen LogP contribution in [0.5, 0.6) is 0 Å². The second kappa shape index (κ2) is 17.5. The summed E-state index contributed by atoms with van der Waals surface area (Å²) in [5.74, 6) is 1.75. The fourth-order valence-electron chi connectivity index (χ4n) is 9.99. The van der Waals surface area contributed by atoms with Gasteiger partial charge >= 0.3 is 0 Å². The van der Waals surface area contributed by atoms with Gasteiger partial charge in [0.1, 0.15) is 0 Å². The van der Waals surface area contributed by atoms with E-state index in [1.165, 1.54) is 0 Å². The highest BCUT2D eigenvalue weighted by Crippen LogP contribution is 2.57. The van der Waals surface area contributed by atoms with Crippen molar-refractivity contribution in [3.63, 3.8) is 0 Å².